The van der Waals surface area contributed by atoms with Gasteiger partial charge in [-0.1, -0.05) is 29.8 Å². The second kappa shape index (κ2) is 10.9. The number of ether oxygens (including phenoxy) is 1. The van der Waals surface area contributed by atoms with E-state index in [0.29, 0.717) is 35.8 Å². The van der Waals surface area contributed by atoms with E-state index in [2.05, 4.69) is 10.6 Å². The van der Waals surface area contributed by atoms with E-state index >= 15 is 0 Å². The van der Waals surface area contributed by atoms with Gasteiger partial charge in [0.05, 0.1) is 0 Å². The summed E-state index contributed by atoms with van der Waals surface area (Å²) in [5.41, 5.74) is 1.27. The maximum atomic E-state index is 12.1. The lowest BCUT2D eigenvalue weighted by atomic mass is 10.2. The first-order valence-corrected chi connectivity index (χ1v) is 9.10. The summed E-state index contributed by atoms with van der Waals surface area (Å²) in [5, 5.41) is 6.14. The molecule has 0 aromatic heterocycles. The van der Waals surface area contributed by atoms with Crippen molar-refractivity contribution < 1.29 is 19.1 Å². The number of rotatable bonds is 8. The molecule has 7 heteroatoms. The first kappa shape index (κ1) is 21.2. The lowest BCUT2D eigenvalue weighted by Gasteiger charge is -2.07. The fourth-order valence-electron chi connectivity index (χ4n) is 2.28. The molecule has 2 aromatic carbocycles. The van der Waals surface area contributed by atoms with Crippen LogP contribution in [-0.4, -0.2) is 30.9 Å². The molecule has 0 radical (unpaired) electrons. The molecule has 146 valence electrons. The van der Waals surface area contributed by atoms with Crippen LogP contribution in [0.25, 0.3) is 6.08 Å². The Morgan fingerprint density at radius 1 is 1.04 bits per heavy atom. The molecule has 0 aliphatic carbocycles. The van der Waals surface area contributed by atoms with Gasteiger partial charge in [-0.2, -0.15) is 0 Å². The predicted molar refractivity (Wildman–Crippen MR) is 108 cm³/mol. The SMILES string of the molecule is CC(=O)Oc1cccc(C(=O)NCCCNC(=O)/C=C/c2ccc(Cl)cc2)c1. The fraction of sp³-hybridized carbons (Fsp3) is 0.190. The summed E-state index contributed by atoms with van der Waals surface area (Å²) >= 11 is 5.81. The van der Waals surface area contributed by atoms with Crippen LogP contribution in [-0.2, 0) is 9.59 Å². The Hall–Kier alpha value is -3.12. The number of benzene rings is 2. The van der Waals surface area contributed by atoms with Gasteiger partial charge in [0.25, 0.3) is 5.91 Å². The third kappa shape index (κ3) is 7.63. The maximum Gasteiger partial charge on any atom is 0.308 e. The van der Waals surface area contributed by atoms with E-state index in [-0.39, 0.29) is 11.8 Å². The minimum Gasteiger partial charge on any atom is -0.427 e. The third-order valence-corrected chi connectivity index (χ3v) is 3.85. The average Bonchev–Trinajstić information content (AvgIpc) is 2.67. The van der Waals surface area contributed by atoms with Crippen molar-refractivity contribution in [1.82, 2.24) is 10.6 Å². The summed E-state index contributed by atoms with van der Waals surface area (Å²) in [6, 6.07) is 13.5. The highest BCUT2D eigenvalue weighted by Gasteiger charge is 2.07. The molecule has 0 unspecified atom stereocenters. The van der Waals surface area contributed by atoms with E-state index in [1.54, 1.807) is 36.4 Å². The number of hydrogen-bond acceptors (Lipinski definition) is 4. The second-order valence-electron chi connectivity index (χ2n) is 5.91. The van der Waals surface area contributed by atoms with Crippen LogP contribution in [0.4, 0.5) is 0 Å². The van der Waals surface area contributed by atoms with Crippen LogP contribution in [0.2, 0.25) is 5.02 Å². The summed E-state index contributed by atoms with van der Waals surface area (Å²) < 4.78 is 4.96. The molecule has 0 fully saturated rings. The zero-order valence-corrected chi connectivity index (χ0v) is 16.2. The second-order valence-corrected chi connectivity index (χ2v) is 6.34. The molecule has 2 rings (SSSR count). The van der Waals surface area contributed by atoms with Gasteiger partial charge in [-0.15, -0.1) is 0 Å². The number of carbonyl (C=O) groups is 3. The lowest BCUT2D eigenvalue weighted by Crippen LogP contribution is -2.29. The molecule has 28 heavy (non-hydrogen) atoms. The standard InChI is InChI=1S/C21H21ClN2O4/c1-15(25)28-19-5-2-4-17(14-19)21(27)24-13-3-12-23-20(26)11-8-16-6-9-18(22)10-7-16/h2,4-11,14H,3,12-13H2,1H3,(H,23,26)(H,24,27)/b11-8+. The molecule has 0 saturated carbocycles. The van der Waals surface area contributed by atoms with Gasteiger partial charge < -0.3 is 15.4 Å². The van der Waals surface area contributed by atoms with Gasteiger partial charge in [0.1, 0.15) is 5.75 Å². The van der Waals surface area contributed by atoms with Crippen molar-refractivity contribution in [3.8, 4) is 5.75 Å². The fourth-order valence-corrected chi connectivity index (χ4v) is 2.40. The number of carbonyl (C=O) groups excluding carboxylic acids is 3. The minimum absolute atomic E-state index is 0.213. The van der Waals surface area contributed by atoms with Crippen LogP contribution < -0.4 is 15.4 Å². The van der Waals surface area contributed by atoms with Gasteiger partial charge in [-0.05, 0) is 48.4 Å². The van der Waals surface area contributed by atoms with Crippen molar-refractivity contribution in [2.24, 2.45) is 0 Å². The molecular weight excluding hydrogens is 380 g/mol. The summed E-state index contributed by atoms with van der Waals surface area (Å²) in [6.07, 6.45) is 3.72. The normalized spacial score (nSPS) is 10.5. The van der Waals surface area contributed by atoms with Crippen LogP contribution in [0, 0.1) is 0 Å². The lowest BCUT2D eigenvalue weighted by molar-refractivity contribution is -0.131. The Morgan fingerprint density at radius 3 is 2.46 bits per heavy atom. The van der Waals surface area contributed by atoms with Gasteiger partial charge in [0.2, 0.25) is 5.91 Å². The van der Waals surface area contributed by atoms with Crippen molar-refractivity contribution in [2.45, 2.75) is 13.3 Å². The van der Waals surface area contributed by atoms with Gasteiger partial charge in [-0.25, -0.2) is 0 Å². The van der Waals surface area contributed by atoms with Gasteiger partial charge in [-0.3, -0.25) is 14.4 Å². The molecule has 0 aliphatic heterocycles. The van der Waals surface area contributed by atoms with Gasteiger partial charge in [0.15, 0.2) is 0 Å². The van der Waals surface area contributed by atoms with Crippen molar-refractivity contribution >= 4 is 35.5 Å². The van der Waals surface area contributed by atoms with Crippen LogP contribution in [0.5, 0.6) is 5.75 Å². The van der Waals surface area contributed by atoms with Gasteiger partial charge in [0, 0.05) is 36.7 Å². The van der Waals surface area contributed by atoms with Crippen molar-refractivity contribution in [1.29, 1.82) is 0 Å². The molecule has 0 saturated heterocycles. The number of halogens is 1. The maximum absolute atomic E-state index is 12.1. The molecule has 0 spiro atoms. The molecule has 2 aromatic rings. The quantitative estimate of drug-likeness (QED) is 0.308. The van der Waals surface area contributed by atoms with Gasteiger partial charge >= 0.3 is 5.97 Å². The van der Waals surface area contributed by atoms with E-state index in [4.69, 9.17) is 16.3 Å². The van der Waals surface area contributed by atoms with Crippen LogP contribution in [0.3, 0.4) is 0 Å². The zero-order chi connectivity index (χ0) is 20.4. The highest BCUT2D eigenvalue weighted by molar-refractivity contribution is 6.30. The molecule has 2 amide bonds. The molecule has 6 nitrogen and oxygen atoms in total. The van der Waals surface area contributed by atoms with Crippen LogP contribution in [0.15, 0.2) is 54.6 Å². The number of nitrogens with one attached hydrogen (secondary N) is 2. The Labute approximate surface area is 168 Å². The van der Waals surface area contributed by atoms with Crippen molar-refractivity contribution in [3.63, 3.8) is 0 Å². The highest BCUT2D eigenvalue weighted by atomic mass is 35.5. The van der Waals surface area contributed by atoms with Crippen LogP contribution in [0.1, 0.15) is 29.3 Å². The number of amides is 2. The molecular formula is C21H21ClN2O4. The first-order valence-electron chi connectivity index (χ1n) is 8.72. The Morgan fingerprint density at radius 2 is 1.75 bits per heavy atom. The molecule has 0 bridgehead atoms. The summed E-state index contributed by atoms with van der Waals surface area (Å²) in [7, 11) is 0. The zero-order valence-electron chi connectivity index (χ0n) is 15.4. The van der Waals surface area contributed by atoms with E-state index in [1.807, 2.05) is 12.1 Å². The Balaban J connectivity index is 1.68. The Kier molecular flexibility index (Phi) is 8.24. The van der Waals surface area contributed by atoms with Crippen molar-refractivity contribution in [2.75, 3.05) is 13.1 Å². The number of hydrogen-bond donors (Lipinski definition) is 2. The van der Waals surface area contributed by atoms with E-state index in [1.165, 1.54) is 19.1 Å². The van der Waals surface area contributed by atoms with E-state index in [0.717, 1.165) is 5.56 Å². The predicted octanol–water partition coefficient (Wildman–Crippen LogP) is 3.21. The average molecular weight is 401 g/mol. The Bertz CT molecular complexity index is 863. The topological polar surface area (TPSA) is 84.5 Å². The number of esters is 1. The molecule has 0 aliphatic rings. The van der Waals surface area contributed by atoms with E-state index < -0.39 is 5.97 Å². The summed E-state index contributed by atoms with van der Waals surface area (Å²) in [4.78, 5) is 34.8. The smallest absolute Gasteiger partial charge is 0.308 e. The molecule has 0 heterocycles. The summed E-state index contributed by atoms with van der Waals surface area (Å²) in [5.74, 6) is -0.614. The molecule has 2 N–H and O–H groups in total. The van der Waals surface area contributed by atoms with Crippen LogP contribution >= 0.6 is 11.6 Å². The largest absolute Gasteiger partial charge is 0.427 e. The third-order valence-electron chi connectivity index (χ3n) is 3.59. The first-order chi connectivity index (χ1) is 13.4. The summed E-state index contributed by atoms with van der Waals surface area (Å²) in [6.45, 7) is 2.13. The van der Waals surface area contributed by atoms with Crippen molar-refractivity contribution in [3.05, 3.63) is 70.8 Å². The monoisotopic (exact) mass is 400 g/mol. The molecule has 0 atom stereocenters. The highest BCUT2D eigenvalue weighted by Crippen LogP contribution is 2.13. The minimum atomic E-state index is -0.446. The van der Waals surface area contributed by atoms with E-state index in [9.17, 15) is 14.4 Å².